The Kier molecular flexibility index (Phi) is 13.9. The second-order valence-corrected chi connectivity index (χ2v) is 7.53. The molecule has 0 N–H and O–H groups in total. The Morgan fingerprint density at radius 3 is 1.80 bits per heavy atom. The van der Waals surface area contributed by atoms with E-state index in [4.69, 9.17) is 28.4 Å². The van der Waals surface area contributed by atoms with Gasteiger partial charge in [0.1, 0.15) is 18.3 Å². The molecule has 0 aromatic rings. The van der Waals surface area contributed by atoms with Gasteiger partial charge in [-0.3, -0.25) is 9.59 Å². The van der Waals surface area contributed by atoms with Gasteiger partial charge in [-0.05, 0) is 19.3 Å². The van der Waals surface area contributed by atoms with Gasteiger partial charge in [0.15, 0.2) is 6.10 Å². The Balaban J connectivity index is 3.09. The largest absolute Gasteiger partial charge is 0.453 e. The van der Waals surface area contributed by atoms with Crippen molar-refractivity contribution in [3.8, 4) is 0 Å². The fourth-order valence-electron chi connectivity index (χ4n) is 3.15. The van der Waals surface area contributed by atoms with Crippen LogP contribution in [-0.2, 0) is 38.0 Å². The molecule has 0 aromatic carbocycles. The van der Waals surface area contributed by atoms with Gasteiger partial charge in [-0.1, -0.05) is 40.0 Å². The first-order valence-electron chi connectivity index (χ1n) is 11.2. The molecule has 176 valence electrons. The van der Waals surface area contributed by atoms with E-state index in [2.05, 4.69) is 20.8 Å². The summed E-state index contributed by atoms with van der Waals surface area (Å²) < 4.78 is 34.9. The third-order valence-corrected chi connectivity index (χ3v) is 4.72. The molecule has 0 aliphatic carbocycles. The van der Waals surface area contributed by atoms with Crippen molar-refractivity contribution in [1.82, 2.24) is 0 Å². The van der Waals surface area contributed by atoms with Crippen molar-refractivity contribution in [2.45, 2.75) is 104 Å². The Hall–Kier alpha value is -1.22. The maximum Gasteiger partial charge on any atom is 0.305 e. The van der Waals surface area contributed by atoms with Gasteiger partial charge in [0, 0.05) is 33.7 Å². The van der Waals surface area contributed by atoms with E-state index >= 15 is 0 Å². The van der Waals surface area contributed by atoms with Gasteiger partial charge in [-0.2, -0.15) is 0 Å². The maximum absolute atomic E-state index is 11.8. The van der Waals surface area contributed by atoms with E-state index in [-0.39, 0.29) is 6.61 Å². The molecule has 0 radical (unpaired) electrons. The molecule has 1 rings (SSSR count). The second kappa shape index (κ2) is 15.6. The summed E-state index contributed by atoms with van der Waals surface area (Å²) in [5.41, 5.74) is 0. The van der Waals surface area contributed by atoms with Crippen LogP contribution in [0.1, 0.15) is 73.1 Å². The number of hydrogen-bond acceptors (Lipinski definition) is 8. The lowest BCUT2D eigenvalue weighted by Gasteiger charge is -2.44. The van der Waals surface area contributed by atoms with E-state index in [0.29, 0.717) is 19.8 Å². The minimum Gasteiger partial charge on any atom is -0.453 e. The van der Waals surface area contributed by atoms with Gasteiger partial charge in [0.25, 0.3) is 0 Å². The first kappa shape index (κ1) is 26.8. The Labute approximate surface area is 180 Å². The molecule has 0 aromatic heterocycles. The number of carbonyl (C=O) groups excluding carboxylic acids is 2. The lowest BCUT2D eigenvalue weighted by Crippen LogP contribution is -2.62. The lowest BCUT2D eigenvalue weighted by atomic mass is 9.98. The zero-order valence-corrected chi connectivity index (χ0v) is 19.2. The number of unbranched alkanes of at least 4 members (excludes halogenated alkanes) is 3. The van der Waals surface area contributed by atoms with E-state index in [1.54, 1.807) is 0 Å². The van der Waals surface area contributed by atoms with E-state index in [9.17, 15) is 9.59 Å². The summed E-state index contributed by atoms with van der Waals surface area (Å²) in [5, 5.41) is 0. The van der Waals surface area contributed by atoms with Crippen LogP contribution in [0.25, 0.3) is 0 Å². The summed E-state index contributed by atoms with van der Waals surface area (Å²) in [6.07, 6.45) is 1.99. The molecule has 30 heavy (non-hydrogen) atoms. The van der Waals surface area contributed by atoms with E-state index in [1.807, 2.05) is 0 Å². The van der Waals surface area contributed by atoms with Gasteiger partial charge in [-0.25, -0.2) is 0 Å². The van der Waals surface area contributed by atoms with Crippen LogP contribution in [0.5, 0.6) is 0 Å². The summed E-state index contributed by atoms with van der Waals surface area (Å²) in [7, 11) is 0. The van der Waals surface area contributed by atoms with E-state index in [0.717, 1.165) is 38.5 Å². The maximum atomic E-state index is 11.8. The van der Waals surface area contributed by atoms with Crippen LogP contribution >= 0.6 is 0 Å². The van der Waals surface area contributed by atoms with Gasteiger partial charge < -0.3 is 28.4 Å². The minimum atomic E-state index is -1.08. The normalized spacial score (nSPS) is 26.4. The van der Waals surface area contributed by atoms with Crippen molar-refractivity contribution in [2.24, 2.45) is 0 Å². The van der Waals surface area contributed by atoms with E-state index in [1.165, 1.54) is 13.8 Å². The highest BCUT2D eigenvalue weighted by molar-refractivity contribution is 5.67. The van der Waals surface area contributed by atoms with Crippen LogP contribution in [0.15, 0.2) is 0 Å². The molecule has 0 amide bonds. The average Bonchev–Trinajstić information content (AvgIpc) is 2.68. The highest BCUT2D eigenvalue weighted by atomic mass is 16.7. The van der Waals surface area contributed by atoms with Gasteiger partial charge in [0.2, 0.25) is 6.29 Å². The van der Waals surface area contributed by atoms with Gasteiger partial charge >= 0.3 is 11.9 Å². The monoisotopic (exact) mass is 432 g/mol. The van der Waals surface area contributed by atoms with Gasteiger partial charge in [-0.15, -0.1) is 0 Å². The standard InChI is InChI=1S/C22H40O8/c1-6-9-12-25-15-18-19(26-13-10-7-2)20(27-14-11-8-3)21(28-16(4)23)22(30-18)29-17(5)24/h18-22H,6-15H2,1-5H3/t18-,19+,20-,21-,22-/m0/s1. The van der Waals surface area contributed by atoms with Gasteiger partial charge in [0.05, 0.1) is 6.61 Å². The Bertz CT molecular complexity index is 484. The van der Waals surface area contributed by atoms with Crippen LogP contribution < -0.4 is 0 Å². The summed E-state index contributed by atoms with van der Waals surface area (Å²) >= 11 is 0. The number of rotatable bonds is 15. The third kappa shape index (κ3) is 9.73. The molecule has 1 heterocycles. The van der Waals surface area contributed by atoms with Crippen molar-refractivity contribution >= 4 is 11.9 Å². The molecule has 5 atom stereocenters. The summed E-state index contributed by atoms with van der Waals surface area (Å²) in [6, 6.07) is 0. The average molecular weight is 433 g/mol. The molecule has 1 aliphatic rings. The molecule has 8 nitrogen and oxygen atoms in total. The smallest absolute Gasteiger partial charge is 0.305 e. The number of ether oxygens (including phenoxy) is 6. The molecular weight excluding hydrogens is 392 g/mol. The van der Waals surface area contributed by atoms with Crippen molar-refractivity contribution in [3.05, 3.63) is 0 Å². The van der Waals surface area contributed by atoms with Crippen LogP contribution in [0.2, 0.25) is 0 Å². The zero-order valence-electron chi connectivity index (χ0n) is 19.2. The first-order chi connectivity index (χ1) is 14.4. The molecule has 8 heteroatoms. The van der Waals surface area contributed by atoms with Crippen molar-refractivity contribution in [3.63, 3.8) is 0 Å². The number of esters is 2. The molecule has 1 saturated heterocycles. The molecule has 0 spiro atoms. The highest BCUT2D eigenvalue weighted by Gasteiger charge is 2.50. The summed E-state index contributed by atoms with van der Waals surface area (Å²) in [4.78, 5) is 23.4. The first-order valence-corrected chi connectivity index (χ1v) is 11.2. The molecule has 0 bridgehead atoms. The molecule has 0 saturated carbocycles. The molecular formula is C22H40O8. The fourth-order valence-corrected chi connectivity index (χ4v) is 3.15. The lowest BCUT2D eigenvalue weighted by molar-refractivity contribution is -0.309. The predicted octanol–water partition coefficient (Wildman–Crippen LogP) is 3.39. The fraction of sp³-hybridized carbons (Fsp3) is 0.909. The quantitative estimate of drug-likeness (QED) is 0.287. The second-order valence-electron chi connectivity index (χ2n) is 7.53. The topological polar surface area (TPSA) is 89.5 Å². The Morgan fingerprint density at radius 1 is 0.733 bits per heavy atom. The number of hydrogen-bond donors (Lipinski definition) is 0. The molecule has 1 aliphatic heterocycles. The van der Waals surface area contributed by atoms with E-state index < -0.39 is 42.6 Å². The van der Waals surface area contributed by atoms with Crippen LogP contribution in [0.4, 0.5) is 0 Å². The predicted molar refractivity (Wildman–Crippen MR) is 111 cm³/mol. The number of carbonyl (C=O) groups is 2. The minimum absolute atomic E-state index is 0.273. The van der Waals surface area contributed by atoms with Crippen molar-refractivity contribution in [2.75, 3.05) is 26.4 Å². The van der Waals surface area contributed by atoms with Crippen molar-refractivity contribution in [1.29, 1.82) is 0 Å². The van der Waals surface area contributed by atoms with Crippen LogP contribution in [-0.4, -0.2) is 69.1 Å². The zero-order chi connectivity index (χ0) is 22.4. The van der Waals surface area contributed by atoms with Crippen LogP contribution in [0.3, 0.4) is 0 Å². The molecule has 0 unspecified atom stereocenters. The SMILES string of the molecule is CCCCOC[C@@H]1O[C@H](OC(C)=O)[C@@H](OC(C)=O)[C@@H](OCCCC)[C@@H]1OCCCC. The highest BCUT2D eigenvalue weighted by Crippen LogP contribution is 2.30. The summed E-state index contributed by atoms with van der Waals surface area (Å²) in [5.74, 6) is -1.03. The third-order valence-electron chi connectivity index (χ3n) is 4.72. The summed E-state index contributed by atoms with van der Waals surface area (Å²) in [6.45, 7) is 10.7. The Morgan fingerprint density at radius 2 is 1.27 bits per heavy atom. The van der Waals surface area contributed by atoms with Crippen molar-refractivity contribution < 1.29 is 38.0 Å². The van der Waals surface area contributed by atoms with Crippen LogP contribution in [0, 0.1) is 0 Å². The molecule has 1 fully saturated rings.